The number of carbonyl (C=O) groups is 1. The summed E-state index contributed by atoms with van der Waals surface area (Å²) in [6, 6.07) is 15.2. The molecule has 1 amide bonds. The molecule has 1 aliphatic rings. The Labute approximate surface area is 162 Å². The Morgan fingerprint density at radius 3 is 2.37 bits per heavy atom. The molecule has 0 unspecified atom stereocenters. The highest BCUT2D eigenvalue weighted by molar-refractivity contribution is 8.19. The summed E-state index contributed by atoms with van der Waals surface area (Å²) in [7, 11) is -2.30. The summed E-state index contributed by atoms with van der Waals surface area (Å²) in [4.78, 5) is 14.5. The van der Waals surface area contributed by atoms with Crippen molar-refractivity contribution in [3.63, 3.8) is 0 Å². The van der Waals surface area contributed by atoms with Gasteiger partial charge in [-0.2, -0.15) is 8.42 Å². The van der Waals surface area contributed by atoms with Crippen molar-refractivity contribution in [1.29, 1.82) is 0 Å². The number of hydrogen-bond donors (Lipinski definition) is 0. The molecule has 0 saturated carbocycles. The molecule has 0 aliphatic carbocycles. The van der Waals surface area contributed by atoms with Gasteiger partial charge in [-0.3, -0.25) is 9.69 Å². The Bertz CT molecular complexity index is 998. The molecule has 8 heteroatoms. The molecule has 140 valence electrons. The Kier molecular flexibility index (Phi) is 5.67. The van der Waals surface area contributed by atoms with Crippen LogP contribution in [0.4, 0.5) is 0 Å². The summed E-state index contributed by atoms with van der Waals surface area (Å²) in [5.41, 5.74) is 0.815. The number of benzene rings is 2. The quantitative estimate of drug-likeness (QED) is 0.717. The number of methoxy groups -OCH3 is 1. The Hall–Kier alpha value is -2.58. The lowest BCUT2D eigenvalue weighted by molar-refractivity contribution is -0.122. The third kappa shape index (κ3) is 4.23. The highest BCUT2D eigenvalue weighted by atomic mass is 32.2. The van der Waals surface area contributed by atoms with Gasteiger partial charge in [-0.25, -0.2) is 0 Å². The number of sulfonamides is 1. The van der Waals surface area contributed by atoms with Crippen LogP contribution >= 0.6 is 11.8 Å². The number of likely N-dealkylation sites (N-methyl/N-ethyl adjacent to an activating group) is 1. The first kappa shape index (κ1) is 19.2. The monoisotopic (exact) mass is 402 g/mol. The second-order valence-corrected chi connectivity index (χ2v) is 8.21. The van der Waals surface area contributed by atoms with Gasteiger partial charge in [0, 0.05) is 6.54 Å². The van der Waals surface area contributed by atoms with E-state index in [1.807, 2.05) is 12.1 Å². The summed E-state index contributed by atoms with van der Waals surface area (Å²) in [5.74, 6) is 0.453. The van der Waals surface area contributed by atoms with Gasteiger partial charge in [0.25, 0.3) is 15.9 Å². The van der Waals surface area contributed by atoms with Crippen molar-refractivity contribution in [3.8, 4) is 5.75 Å². The molecule has 27 heavy (non-hydrogen) atoms. The molecule has 2 aromatic carbocycles. The fraction of sp³-hybridized carbons (Fsp3) is 0.158. The van der Waals surface area contributed by atoms with Gasteiger partial charge < -0.3 is 4.74 Å². The first-order valence-electron chi connectivity index (χ1n) is 8.20. The predicted octanol–water partition coefficient (Wildman–Crippen LogP) is 3.38. The van der Waals surface area contributed by atoms with E-state index in [2.05, 4.69) is 4.40 Å². The molecule has 0 N–H and O–H groups in total. The van der Waals surface area contributed by atoms with Gasteiger partial charge >= 0.3 is 0 Å². The molecule has 0 atom stereocenters. The van der Waals surface area contributed by atoms with Crippen molar-refractivity contribution in [3.05, 3.63) is 65.1 Å². The van der Waals surface area contributed by atoms with Crippen molar-refractivity contribution in [2.24, 2.45) is 4.40 Å². The summed E-state index contributed by atoms with van der Waals surface area (Å²) < 4.78 is 34.1. The van der Waals surface area contributed by atoms with Gasteiger partial charge in [0.2, 0.25) is 0 Å². The van der Waals surface area contributed by atoms with Crippen molar-refractivity contribution in [2.45, 2.75) is 11.8 Å². The standard InChI is InChI=1S/C19H18N2O4S2/c1-3-21-18(22)17(13-14-9-11-15(25-2)12-10-14)26-19(21)20-27(23,24)16-7-5-4-6-8-16/h4-13H,3H2,1-2H3/b17-13-,20-19+. The second kappa shape index (κ2) is 7.98. The van der Waals surface area contributed by atoms with Gasteiger partial charge in [0.15, 0.2) is 5.17 Å². The van der Waals surface area contributed by atoms with Crippen LogP contribution in [0.3, 0.4) is 0 Å². The number of ether oxygens (including phenoxy) is 1. The smallest absolute Gasteiger partial charge is 0.284 e. The van der Waals surface area contributed by atoms with E-state index in [9.17, 15) is 13.2 Å². The molecule has 6 nitrogen and oxygen atoms in total. The van der Waals surface area contributed by atoms with Crippen LogP contribution in [-0.2, 0) is 14.8 Å². The van der Waals surface area contributed by atoms with E-state index in [1.165, 1.54) is 17.0 Å². The van der Waals surface area contributed by atoms with E-state index in [0.717, 1.165) is 17.3 Å². The lowest BCUT2D eigenvalue weighted by Gasteiger charge is -2.11. The summed E-state index contributed by atoms with van der Waals surface area (Å²) in [5, 5.41) is 0.158. The average molecular weight is 402 g/mol. The van der Waals surface area contributed by atoms with E-state index in [1.54, 1.807) is 50.4 Å². The number of amides is 1. The van der Waals surface area contributed by atoms with Gasteiger partial charge in [0.1, 0.15) is 5.75 Å². The molecular weight excluding hydrogens is 384 g/mol. The second-order valence-electron chi connectivity index (χ2n) is 5.60. The van der Waals surface area contributed by atoms with E-state index in [-0.39, 0.29) is 16.0 Å². The minimum Gasteiger partial charge on any atom is -0.497 e. The van der Waals surface area contributed by atoms with Gasteiger partial charge in [0.05, 0.1) is 16.9 Å². The van der Waals surface area contributed by atoms with Crippen molar-refractivity contribution in [1.82, 2.24) is 4.90 Å². The molecule has 1 saturated heterocycles. The fourth-order valence-electron chi connectivity index (χ4n) is 2.45. The molecule has 1 fully saturated rings. The third-order valence-corrected chi connectivity index (χ3v) is 6.26. The van der Waals surface area contributed by atoms with Gasteiger partial charge in [-0.05, 0) is 54.6 Å². The van der Waals surface area contributed by atoms with E-state index in [0.29, 0.717) is 17.2 Å². The molecule has 0 spiro atoms. The van der Waals surface area contributed by atoms with Gasteiger partial charge in [-0.15, -0.1) is 4.40 Å². The zero-order chi connectivity index (χ0) is 19.4. The average Bonchev–Trinajstić information content (AvgIpc) is 2.96. The lowest BCUT2D eigenvalue weighted by atomic mass is 10.2. The van der Waals surface area contributed by atoms with Gasteiger partial charge in [-0.1, -0.05) is 30.3 Å². The number of carbonyl (C=O) groups excluding carboxylic acids is 1. The third-order valence-electron chi connectivity index (χ3n) is 3.86. The Balaban J connectivity index is 1.93. The predicted molar refractivity (Wildman–Crippen MR) is 107 cm³/mol. The zero-order valence-corrected chi connectivity index (χ0v) is 16.5. The Morgan fingerprint density at radius 2 is 1.78 bits per heavy atom. The largest absolute Gasteiger partial charge is 0.497 e. The van der Waals surface area contributed by atoms with Crippen LogP contribution in [0.5, 0.6) is 5.75 Å². The van der Waals surface area contributed by atoms with E-state index in [4.69, 9.17) is 4.74 Å². The van der Waals surface area contributed by atoms with Crippen LogP contribution in [0.25, 0.3) is 6.08 Å². The molecular formula is C19H18N2O4S2. The highest BCUT2D eigenvalue weighted by Gasteiger charge is 2.33. The minimum atomic E-state index is -3.89. The zero-order valence-electron chi connectivity index (χ0n) is 14.8. The summed E-state index contributed by atoms with van der Waals surface area (Å²) in [6.07, 6.45) is 1.72. The van der Waals surface area contributed by atoms with Crippen LogP contribution in [0.15, 0.2) is 68.8 Å². The normalized spacial score (nSPS) is 17.7. The van der Waals surface area contributed by atoms with Crippen LogP contribution in [0.1, 0.15) is 12.5 Å². The lowest BCUT2D eigenvalue weighted by Crippen LogP contribution is -2.29. The molecule has 3 rings (SSSR count). The maximum Gasteiger partial charge on any atom is 0.284 e. The fourth-order valence-corrected chi connectivity index (χ4v) is 4.72. The Morgan fingerprint density at radius 1 is 1.11 bits per heavy atom. The molecule has 1 heterocycles. The van der Waals surface area contributed by atoms with Crippen molar-refractivity contribution in [2.75, 3.05) is 13.7 Å². The van der Waals surface area contributed by atoms with Crippen molar-refractivity contribution >= 4 is 38.9 Å². The van der Waals surface area contributed by atoms with Crippen LogP contribution in [0, 0.1) is 0 Å². The van der Waals surface area contributed by atoms with E-state index < -0.39 is 10.0 Å². The van der Waals surface area contributed by atoms with E-state index >= 15 is 0 Å². The van der Waals surface area contributed by atoms with Crippen LogP contribution in [0.2, 0.25) is 0 Å². The molecule has 2 aromatic rings. The molecule has 0 radical (unpaired) electrons. The SMILES string of the molecule is CCN1C(=O)/C(=C/c2ccc(OC)cc2)S/C1=N/S(=O)(=O)c1ccccc1. The summed E-state index contributed by atoms with van der Waals surface area (Å²) >= 11 is 1.05. The first-order chi connectivity index (χ1) is 12.9. The summed E-state index contributed by atoms with van der Waals surface area (Å²) in [6.45, 7) is 2.11. The topological polar surface area (TPSA) is 76.0 Å². The van der Waals surface area contributed by atoms with Crippen LogP contribution in [-0.4, -0.2) is 38.0 Å². The number of hydrogen-bond acceptors (Lipinski definition) is 5. The number of rotatable bonds is 5. The van der Waals surface area contributed by atoms with Crippen molar-refractivity contribution < 1.29 is 17.9 Å². The highest BCUT2D eigenvalue weighted by Crippen LogP contribution is 2.33. The number of thioether (sulfide) groups is 1. The molecule has 0 aromatic heterocycles. The molecule has 1 aliphatic heterocycles. The first-order valence-corrected chi connectivity index (χ1v) is 10.5. The number of nitrogens with zero attached hydrogens (tertiary/aromatic N) is 2. The number of amidine groups is 1. The maximum atomic E-state index is 12.6. The maximum absolute atomic E-state index is 12.6. The minimum absolute atomic E-state index is 0.0918. The molecule has 0 bridgehead atoms. The van der Waals surface area contributed by atoms with Crippen LogP contribution < -0.4 is 4.74 Å².